The van der Waals surface area contributed by atoms with Crippen molar-refractivity contribution in [1.82, 2.24) is 0 Å². The maximum absolute atomic E-state index is 13.1. The molecule has 0 saturated heterocycles. The number of carbonyl (C=O) groups is 1. The summed E-state index contributed by atoms with van der Waals surface area (Å²) in [6, 6.07) is 1.71. The fraction of sp³-hybridized carbons (Fsp3) is 0.364. The monoisotopic (exact) mass is 229 g/mol. The molecule has 0 fully saturated rings. The highest BCUT2D eigenvalue weighted by atomic mass is 19.1. The minimum Gasteiger partial charge on any atom is -0.456 e. The van der Waals surface area contributed by atoms with Crippen LogP contribution in [-0.4, -0.2) is 11.6 Å². The first-order valence-corrected chi connectivity index (χ1v) is 4.68. The largest absolute Gasteiger partial charge is 0.456 e. The van der Waals surface area contributed by atoms with E-state index >= 15 is 0 Å². The van der Waals surface area contributed by atoms with Crippen LogP contribution >= 0.6 is 0 Å². The van der Waals surface area contributed by atoms with E-state index in [0.29, 0.717) is 0 Å². The van der Waals surface area contributed by atoms with Gasteiger partial charge in [0.15, 0.2) is 0 Å². The van der Waals surface area contributed by atoms with E-state index in [9.17, 15) is 13.6 Å². The molecule has 0 aliphatic rings. The SMILES string of the molecule is CC(C)(C)OC(=O)c1cc(F)c(N)c(F)c1. The van der Waals surface area contributed by atoms with E-state index in [4.69, 9.17) is 10.5 Å². The van der Waals surface area contributed by atoms with Crippen LogP contribution in [0.15, 0.2) is 12.1 Å². The number of rotatable bonds is 1. The third-order valence-corrected chi connectivity index (χ3v) is 1.71. The minimum atomic E-state index is -0.971. The molecule has 0 heterocycles. The molecule has 0 unspecified atom stereocenters. The average Bonchev–Trinajstić information content (AvgIpc) is 2.10. The first-order valence-electron chi connectivity index (χ1n) is 4.68. The highest BCUT2D eigenvalue weighted by molar-refractivity contribution is 5.90. The van der Waals surface area contributed by atoms with Gasteiger partial charge in [0.25, 0.3) is 0 Å². The van der Waals surface area contributed by atoms with Crippen molar-refractivity contribution < 1.29 is 18.3 Å². The molecule has 0 atom stereocenters. The Hall–Kier alpha value is -1.65. The molecule has 0 amide bonds. The summed E-state index contributed by atoms with van der Waals surface area (Å²) in [6.45, 7) is 4.98. The number of esters is 1. The third-order valence-electron chi connectivity index (χ3n) is 1.71. The van der Waals surface area contributed by atoms with Gasteiger partial charge in [0.1, 0.15) is 22.9 Å². The second kappa shape index (κ2) is 4.08. The first-order chi connectivity index (χ1) is 7.20. The van der Waals surface area contributed by atoms with Crippen molar-refractivity contribution in [3.63, 3.8) is 0 Å². The van der Waals surface area contributed by atoms with Gasteiger partial charge in [-0.3, -0.25) is 0 Å². The second-order valence-electron chi connectivity index (χ2n) is 4.36. The summed E-state index contributed by atoms with van der Waals surface area (Å²) in [5, 5.41) is 0. The highest BCUT2D eigenvalue weighted by Gasteiger charge is 2.20. The average molecular weight is 229 g/mol. The lowest BCUT2D eigenvalue weighted by Gasteiger charge is -2.19. The third kappa shape index (κ3) is 2.92. The second-order valence-corrected chi connectivity index (χ2v) is 4.36. The molecule has 1 rings (SSSR count). The number of halogens is 2. The molecule has 1 aromatic carbocycles. The highest BCUT2D eigenvalue weighted by Crippen LogP contribution is 2.19. The smallest absolute Gasteiger partial charge is 0.338 e. The summed E-state index contributed by atoms with van der Waals surface area (Å²) in [6.07, 6.45) is 0. The standard InChI is InChI=1S/C11H13F2NO2/c1-11(2,3)16-10(15)6-4-7(12)9(14)8(13)5-6/h4-5H,14H2,1-3H3. The summed E-state index contributed by atoms with van der Waals surface area (Å²) in [5.41, 5.74) is 3.56. The van der Waals surface area contributed by atoms with E-state index in [1.807, 2.05) is 0 Å². The van der Waals surface area contributed by atoms with Gasteiger partial charge >= 0.3 is 5.97 Å². The van der Waals surface area contributed by atoms with Crippen LogP contribution in [0.25, 0.3) is 0 Å². The van der Waals surface area contributed by atoms with Crippen LogP contribution < -0.4 is 5.73 Å². The lowest BCUT2D eigenvalue weighted by molar-refractivity contribution is 0.00685. The Morgan fingerprint density at radius 2 is 1.69 bits per heavy atom. The van der Waals surface area contributed by atoms with E-state index in [-0.39, 0.29) is 5.56 Å². The number of nitrogens with two attached hydrogens (primary N) is 1. The molecule has 2 N–H and O–H groups in total. The molecule has 0 spiro atoms. The molecule has 0 aliphatic heterocycles. The maximum Gasteiger partial charge on any atom is 0.338 e. The lowest BCUT2D eigenvalue weighted by atomic mass is 10.1. The number of benzene rings is 1. The van der Waals surface area contributed by atoms with Crippen LogP contribution in [0.4, 0.5) is 14.5 Å². The minimum absolute atomic E-state index is 0.195. The van der Waals surface area contributed by atoms with Crippen molar-refractivity contribution in [3.8, 4) is 0 Å². The van der Waals surface area contributed by atoms with Gasteiger partial charge in [-0.2, -0.15) is 0 Å². The molecular formula is C11H13F2NO2. The zero-order valence-corrected chi connectivity index (χ0v) is 9.30. The van der Waals surface area contributed by atoms with Crippen LogP contribution in [0.3, 0.4) is 0 Å². The van der Waals surface area contributed by atoms with E-state index in [1.165, 1.54) is 0 Å². The Kier molecular flexibility index (Phi) is 3.16. The van der Waals surface area contributed by atoms with Gasteiger partial charge in [0.2, 0.25) is 0 Å². The predicted octanol–water partition coefficient (Wildman–Crippen LogP) is 2.50. The number of ether oxygens (including phenoxy) is 1. The Morgan fingerprint density at radius 1 is 1.25 bits per heavy atom. The van der Waals surface area contributed by atoms with Gasteiger partial charge in [0, 0.05) is 0 Å². The van der Waals surface area contributed by atoms with Gasteiger partial charge < -0.3 is 10.5 Å². The van der Waals surface area contributed by atoms with Crippen molar-refractivity contribution in [2.24, 2.45) is 0 Å². The Balaban J connectivity index is 3.02. The normalized spacial score (nSPS) is 11.3. The molecule has 88 valence electrons. The topological polar surface area (TPSA) is 52.3 Å². The molecule has 0 saturated carbocycles. The fourth-order valence-electron chi connectivity index (χ4n) is 1.04. The summed E-state index contributed by atoms with van der Waals surface area (Å²) in [5.74, 6) is -2.73. The van der Waals surface area contributed by atoms with Crippen molar-refractivity contribution in [1.29, 1.82) is 0 Å². The number of hydrogen-bond acceptors (Lipinski definition) is 3. The maximum atomic E-state index is 13.1. The van der Waals surface area contributed by atoms with Crippen LogP contribution in [-0.2, 0) is 4.74 Å². The Labute approximate surface area is 92.2 Å². The lowest BCUT2D eigenvalue weighted by Crippen LogP contribution is -2.24. The molecule has 0 bridgehead atoms. The van der Waals surface area contributed by atoms with Crippen molar-refractivity contribution in [2.45, 2.75) is 26.4 Å². The van der Waals surface area contributed by atoms with Crippen molar-refractivity contribution in [3.05, 3.63) is 29.3 Å². The predicted molar refractivity (Wildman–Crippen MR) is 55.9 cm³/mol. The summed E-state index contributed by atoms with van der Waals surface area (Å²) < 4.78 is 31.1. The van der Waals surface area contributed by atoms with Crippen LogP contribution in [0.1, 0.15) is 31.1 Å². The number of anilines is 1. The van der Waals surface area contributed by atoms with Crippen LogP contribution in [0, 0.1) is 11.6 Å². The Morgan fingerprint density at radius 3 is 2.06 bits per heavy atom. The van der Waals surface area contributed by atoms with Gasteiger partial charge in [-0.1, -0.05) is 0 Å². The van der Waals surface area contributed by atoms with E-state index in [0.717, 1.165) is 12.1 Å². The fourth-order valence-corrected chi connectivity index (χ4v) is 1.04. The summed E-state index contributed by atoms with van der Waals surface area (Å²) >= 11 is 0. The number of nitrogen functional groups attached to an aromatic ring is 1. The van der Waals surface area contributed by atoms with Gasteiger partial charge in [-0.15, -0.1) is 0 Å². The van der Waals surface area contributed by atoms with E-state index in [2.05, 4.69) is 0 Å². The zero-order chi connectivity index (χ0) is 12.5. The zero-order valence-electron chi connectivity index (χ0n) is 9.30. The number of hydrogen-bond donors (Lipinski definition) is 1. The van der Waals surface area contributed by atoms with Crippen molar-refractivity contribution >= 4 is 11.7 Å². The molecule has 0 aliphatic carbocycles. The van der Waals surface area contributed by atoms with Crippen LogP contribution in [0.5, 0.6) is 0 Å². The molecule has 5 heteroatoms. The number of carbonyl (C=O) groups excluding carboxylic acids is 1. The van der Waals surface area contributed by atoms with E-state index < -0.39 is 28.9 Å². The van der Waals surface area contributed by atoms with Gasteiger partial charge in [-0.05, 0) is 32.9 Å². The summed E-state index contributed by atoms with van der Waals surface area (Å²) in [7, 11) is 0. The van der Waals surface area contributed by atoms with Gasteiger partial charge in [-0.25, -0.2) is 13.6 Å². The van der Waals surface area contributed by atoms with Crippen molar-refractivity contribution in [2.75, 3.05) is 5.73 Å². The molecule has 3 nitrogen and oxygen atoms in total. The first kappa shape index (κ1) is 12.4. The van der Waals surface area contributed by atoms with Gasteiger partial charge in [0.05, 0.1) is 5.56 Å². The van der Waals surface area contributed by atoms with E-state index in [1.54, 1.807) is 20.8 Å². The molecular weight excluding hydrogens is 216 g/mol. The molecule has 0 aromatic heterocycles. The quantitative estimate of drug-likeness (QED) is 0.594. The molecule has 0 radical (unpaired) electrons. The van der Waals surface area contributed by atoms with Crippen LogP contribution in [0.2, 0.25) is 0 Å². The molecule has 1 aromatic rings. The molecule has 16 heavy (non-hydrogen) atoms. The summed E-state index contributed by atoms with van der Waals surface area (Å²) in [4.78, 5) is 11.5. The Bertz CT molecular complexity index is 401.